The molecule has 0 unspecified atom stereocenters. The maximum atomic E-state index is 12.3. The molecule has 1 aliphatic rings. The van der Waals surface area contributed by atoms with Crippen LogP contribution in [0.4, 0.5) is 11.4 Å². The molecule has 23 heavy (non-hydrogen) atoms. The Balaban J connectivity index is 0.00000264. The number of ether oxygens (including phenoxy) is 1. The topological polar surface area (TPSA) is 93.5 Å². The molecule has 1 aliphatic heterocycles. The van der Waals surface area contributed by atoms with Gasteiger partial charge in [0.15, 0.2) is 0 Å². The van der Waals surface area contributed by atoms with Gasteiger partial charge in [-0.15, -0.1) is 12.4 Å². The van der Waals surface area contributed by atoms with Crippen molar-refractivity contribution in [3.63, 3.8) is 0 Å². The third-order valence-electron chi connectivity index (χ3n) is 3.77. The summed E-state index contributed by atoms with van der Waals surface area (Å²) in [6.45, 7) is 4.67. The predicted octanol–water partition coefficient (Wildman–Crippen LogP) is 2.15. The van der Waals surface area contributed by atoms with Crippen molar-refractivity contribution >= 4 is 35.6 Å². The van der Waals surface area contributed by atoms with E-state index in [-0.39, 0.29) is 30.1 Å². The summed E-state index contributed by atoms with van der Waals surface area (Å²) >= 11 is 0. The van der Waals surface area contributed by atoms with Crippen molar-refractivity contribution in [2.75, 3.05) is 23.8 Å². The number of anilines is 2. The van der Waals surface area contributed by atoms with Gasteiger partial charge in [0.25, 0.3) is 0 Å². The fourth-order valence-electron chi connectivity index (χ4n) is 2.14. The number of halogens is 1. The summed E-state index contributed by atoms with van der Waals surface area (Å²) < 4.78 is 5.24. The van der Waals surface area contributed by atoms with Crippen LogP contribution in [0.25, 0.3) is 0 Å². The van der Waals surface area contributed by atoms with Crippen LogP contribution in [0.2, 0.25) is 0 Å². The van der Waals surface area contributed by atoms with E-state index in [0.29, 0.717) is 37.4 Å². The zero-order chi connectivity index (χ0) is 16.2. The Kier molecular flexibility index (Phi) is 7.00. The lowest BCUT2D eigenvalue weighted by atomic mass is 9.90. The molecule has 0 spiro atoms. The van der Waals surface area contributed by atoms with E-state index in [4.69, 9.17) is 10.5 Å². The zero-order valence-corrected chi connectivity index (χ0v) is 14.2. The second-order valence-electron chi connectivity index (χ2n) is 5.94. The standard InChI is InChI=1S/C16H23N3O3.ClH/c1-11(2)14(20)18-12-3-5-13(6-4-12)19-15(21)16(17)7-9-22-10-8-16;/h3-6,11H,7-10,17H2,1-2H3,(H,18,20)(H,19,21);1H. The molecule has 0 aromatic heterocycles. The second-order valence-corrected chi connectivity index (χ2v) is 5.94. The molecule has 0 radical (unpaired) electrons. The first-order chi connectivity index (χ1) is 10.4. The van der Waals surface area contributed by atoms with Crippen molar-refractivity contribution in [1.29, 1.82) is 0 Å². The number of nitrogens with one attached hydrogen (secondary N) is 2. The molecule has 1 heterocycles. The first kappa shape index (κ1) is 19.4. The molecule has 2 amide bonds. The minimum Gasteiger partial charge on any atom is -0.381 e. The first-order valence-corrected chi connectivity index (χ1v) is 7.50. The monoisotopic (exact) mass is 341 g/mol. The summed E-state index contributed by atoms with van der Waals surface area (Å²) in [6, 6.07) is 7.00. The number of hydrogen-bond donors (Lipinski definition) is 3. The quantitative estimate of drug-likeness (QED) is 0.782. The summed E-state index contributed by atoms with van der Waals surface area (Å²) in [5.74, 6) is -0.320. The largest absolute Gasteiger partial charge is 0.381 e. The van der Waals surface area contributed by atoms with E-state index in [1.54, 1.807) is 24.3 Å². The molecule has 0 bridgehead atoms. The van der Waals surface area contributed by atoms with Crippen LogP contribution in [0.5, 0.6) is 0 Å². The molecule has 0 atom stereocenters. The highest BCUT2D eigenvalue weighted by atomic mass is 35.5. The van der Waals surface area contributed by atoms with Crippen molar-refractivity contribution in [1.82, 2.24) is 0 Å². The van der Waals surface area contributed by atoms with Gasteiger partial charge in [0.1, 0.15) is 5.54 Å². The van der Waals surface area contributed by atoms with Crippen LogP contribution in [0, 0.1) is 5.92 Å². The fraction of sp³-hybridized carbons (Fsp3) is 0.500. The van der Waals surface area contributed by atoms with Crippen molar-refractivity contribution in [3.05, 3.63) is 24.3 Å². The molecule has 128 valence electrons. The molecule has 0 saturated carbocycles. The van der Waals surface area contributed by atoms with E-state index < -0.39 is 5.54 Å². The van der Waals surface area contributed by atoms with Crippen LogP contribution >= 0.6 is 12.4 Å². The Morgan fingerprint density at radius 1 is 1.09 bits per heavy atom. The molecule has 1 aromatic carbocycles. The highest BCUT2D eigenvalue weighted by Crippen LogP contribution is 2.21. The molecule has 4 N–H and O–H groups in total. The SMILES string of the molecule is CC(C)C(=O)Nc1ccc(NC(=O)C2(N)CCOCC2)cc1.Cl. The van der Waals surface area contributed by atoms with Gasteiger partial charge in [-0.05, 0) is 37.1 Å². The summed E-state index contributed by atoms with van der Waals surface area (Å²) in [4.78, 5) is 23.9. The number of nitrogens with two attached hydrogens (primary N) is 1. The number of amides is 2. The first-order valence-electron chi connectivity index (χ1n) is 7.50. The highest BCUT2D eigenvalue weighted by Gasteiger charge is 2.35. The van der Waals surface area contributed by atoms with Gasteiger partial charge >= 0.3 is 0 Å². The van der Waals surface area contributed by atoms with Crippen LogP contribution in [-0.2, 0) is 14.3 Å². The van der Waals surface area contributed by atoms with E-state index in [0.717, 1.165) is 0 Å². The lowest BCUT2D eigenvalue weighted by Crippen LogP contribution is -2.54. The van der Waals surface area contributed by atoms with Gasteiger partial charge in [-0.3, -0.25) is 9.59 Å². The summed E-state index contributed by atoms with van der Waals surface area (Å²) in [5.41, 5.74) is 6.61. The number of rotatable bonds is 4. The normalized spacial score (nSPS) is 16.3. The third kappa shape index (κ3) is 5.20. The van der Waals surface area contributed by atoms with Gasteiger partial charge in [-0.25, -0.2) is 0 Å². The molecule has 1 saturated heterocycles. The summed E-state index contributed by atoms with van der Waals surface area (Å²) in [5, 5.41) is 5.62. The summed E-state index contributed by atoms with van der Waals surface area (Å²) in [7, 11) is 0. The van der Waals surface area contributed by atoms with E-state index in [2.05, 4.69) is 10.6 Å². The molecule has 7 heteroatoms. The van der Waals surface area contributed by atoms with Crippen LogP contribution in [0.15, 0.2) is 24.3 Å². The van der Waals surface area contributed by atoms with E-state index in [1.165, 1.54) is 0 Å². The van der Waals surface area contributed by atoms with Crippen molar-refractivity contribution in [2.45, 2.75) is 32.2 Å². The molecule has 1 fully saturated rings. The summed E-state index contributed by atoms with van der Waals surface area (Å²) in [6.07, 6.45) is 1.03. The maximum absolute atomic E-state index is 12.3. The fourth-order valence-corrected chi connectivity index (χ4v) is 2.14. The Morgan fingerprint density at radius 3 is 2.04 bits per heavy atom. The molecular formula is C16H24ClN3O3. The van der Waals surface area contributed by atoms with Crippen LogP contribution in [0.3, 0.4) is 0 Å². The van der Waals surface area contributed by atoms with Gasteiger partial charge in [-0.1, -0.05) is 13.8 Å². The molecule has 2 rings (SSSR count). The third-order valence-corrected chi connectivity index (χ3v) is 3.77. The van der Waals surface area contributed by atoms with E-state index in [1.807, 2.05) is 13.8 Å². The van der Waals surface area contributed by atoms with Crippen molar-refractivity contribution in [2.24, 2.45) is 11.7 Å². The van der Waals surface area contributed by atoms with Gasteiger partial charge in [0.05, 0.1) is 0 Å². The lowest BCUT2D eigenvalue weighted by Gasteiger charge is -2.31. The lowest BCUT2D eigenvalue weighted by molar-refractivity contribution is -0.124. The minimum atomic E-state index is -0.872. The zero-order valence-electron chi connectivity index (χ0n) is 13.4. The minimum absolute atomic E-state index is 0. The van der Waals surface area contributed by atoms with Crippen LogP contribution in [-0.4, -0.2) is 30.6 Å². The Labute approximate surface area is 142 Å². The predicted molar refractivity (Wildman–Crippen MR) is 92.8 cm³/mol. The molecule has 1 aromatic rings. The van der Waals surface area contributed by atoms with E-state index in [9.17, 15) is 9.59 Å². The molecule has 0 aliphatic carbocycles. The Morgan fingerprint density at radius 2 is 1.57 bits per heavy atom. The highest BCUT2D eigenvalue weighted by molar-refractivity contribution is 5.98. The van der Waals surface area contributed by atoms with Gasteiger partial charge in [-0.2, -0.15) is 0 Å². The van der Waals surface area contributed by atoms with Crippen molar-refractivity contribution in [3.8, 4) is 0 Å². The van der Waals surface area contributed by atoms with Crippen molar-refractivity contribution < 1.29 is 14.3 Å². The smallest absolute Gasteiger partial charge is 0.244 e. The number of hydrogen-bond acceptors (Lipinski definition) is 4. The van der Waals surface area contributed by atoms with Gasteiger partial charge < -0.3 is 21.1 Å². The Bertz CT molecular complexity index is 540. The van der Waals surface area contributed by atoms with E-state index >= 15 is 0 Å². The maximum Gasteiger partial charge on any atom is 0.244 e. The number of carbonyl (C=O) groups is 2. The molecule has 6 nitrogen and oxygen atoms in total. The second kappa shape index (κ2) is 8.29. The van der Waals surface area contributed by atoms with Crippen LogP contribution in [0.1, 0.15) is 26.7 Å². The van der Waals surface area contributed by atoms with Gasteiger partial charge in [0, 0.05) is 30.5 Å². The Hall–Kier alpha value is -1.63. The van der Waals surface area contributed by atoms with Crippen LogP contribution < -0.4 is 16.4 Å². The molecular weight excluding hydrogens is 318 g/mol. The average molecular weight is 342 g/mol. The number of carbonyl (C=O) groups excluding carboxylic acids is 2. The average Bonchev–Trinajstić information content (AvgIpc) is 2.49. The van der Waals surface area contributed by atoms with Gasteiger partial charge in [0.2, 0.25) is 11.8 Å². The number of benzene rings is 1.